The predicted octanol–water partition coefficient (Wildman–Crippen LogP) is 1.85. The highest BCUT2D eigenvalue weighted by atomic mass is 79.9. The summed E-state index contributed by atoms with van der Waals surface area (Å²) < 4.78 is 13.4. The van der Waals surface area contributed by atoms with Crippen LogP contribution in [-0.2, 0) is 4.79 Å². The molecule has 1 rings (SSSR count). The zero-order valence-electron chi connectivity index (χ0n) is 8.59. The number of amides is 1. The number of rotatable bonds is 5. The molecular weight excluding hydrogens is 277 g/mol. The molecule has 88 valence electrons. The normalized spacial score (nSPS) is 10.1. The van der Waals surface area contributed by atoms with Crippen molar-refractivity contribution >= 4 is 33.2 Å². The first-order valence-corrected chi connectivity index (χ1v) is 5.56. The van der Waals surface area contributed by atoms with Gasteiger partial charge in [0.2, 0.25) is 5.91 Å². The van der Waals surface area contributed by atoms with Crippen molar-refractivity contribution in [2.75, 3.05) is 17.6 Å². The van der Waals surface area contributed by atoms with Gasteiger partial charge in [0.25, 0.3) is 0 Å². The maximum Gasteiger partial charge on any atom is 0.217 e. The highest BCUT2D eigenvalue weighted by Gasteiger charge is 2.05. The molecule has 0 spiro atoms. The average Bonchev–Trinajstić information content (AvgIpc) is 2.19. The van der Waals surface area contributed by atoms with Gasteiger partial charge in [0.05, 0.1) is 15.8 Å². The number of anilines is 2. The lowest BCUT2D eigenvalue weighted by molar-refractivity contribution is -0.118. The number of carbonyl (C=O) groups excluding carboxylic acids is 1. The second-order valence-corrected chi connectivity index (χ2v) is 4.20. The van der Waals surface area contributed by atoms with Crippen molar-refractivity contribution in [2.24, 2.45) is 5.73 Å². The topological polar surface area (TPSA) is 81.1 Å². The number of carbonyl (C=O) groups is 1. The van der Waals surface area contributed by atoms with Crippen molar-refractivity contribution in [1.29, 1.82) is 0 Å². The van der Waals surface area contributed by atoms with E-state index >= 15 is 0 Å². The highest BCUT2D eigenvalue weighted by molar-refractivity contribution is 9.10. The minimum atomic E-state index is -0.403. The van der Waals surface area contributed by atoms with E-state index in [1.807, 2.05) is 0 Å². The molecule has 0 atom stereocenters. The average molecular weight is 290 g/mol. The fraction of sp³-hybridized carbons (Fsp3) is 0.300. The fourth-order valence-corrected chi connectivity index (χ4v) is 1.54. The van der Waals surface area contributed by atoms with Crippen molar-refractivity contribution in [3.8, 4) is 0 Å². The smallest absolute Gasteiger partial charge is 0.217 e. The van der Waals surface area contributed by atoms with Crippen LogP contribution in [0.4, 0.5) is 15.8 Å². The molecule has 16 heavy (non-hydrogen) atoms. The molecule has 0 heterocycles. The van der Waals surface area contributed by atoms with Crippen LogP contribution in [0.25, 0.3) is 0 Å². The van der Waals surface area contributed by atoms with Crippen LogP contribution < -0.4 is 16.8 Å². The van der Waals surface area contributed by atoms with Gasteiger partial charge in [-0.2, -0.15) is 0 Å². The summed E-state index contributed by atoms with van der Waals surface area (Å²) >= 11 is 3.07. The SMILES string of the molecule is NC(=O)CCCNc1cc(Br)c(F)cc1N. The van der Waals surface area contributed by atoms with Gasteiger partial charge < -0.3 is 16.8 Å². The summed E-state index contributed by atoms with van der Waals surface area (Å²) in [5.74, 6) is -0.741. The van der Waals surface area contributed by atoms with Gasteiger partial charge in [-0.25, -0.2) is 4.39 Å². The monoisotopic (exact) mass is 289 g/mol. The van der Waals surface area contributed by atoms with Gasteiger partial charge in [0.1, 0.15) is 5.82 Å². The van der Waals surface area contributed by atoms with E-state index in [0.29, 0.717) is 35.2 Å². The minimum absolute atomic E-state index is 0.315. The van der Waals surface area contributed by atoms with Gasteiger partial charge in [-0.3, -0.25) is 4.79 Å². The molecule has 0 saturated carbocycles. The summed E-state index contributed by atoms with van der Waals surface area (Å²) in [6, 6.07) is 2.80. The van der Waals surface area contributed by atoms with E-state index in [1.54, 1.807) is 6.07 Å². The van der Waals surface area contributed by atoms with Gasteiger partial charge in [-0.15, -0.1) is 0 Å². The van der Waals surface area contributed by atoms with E-state index in [1.165, 1.54) is 6.07 Å². The van der Waals surface area contributed by atoms with Crippen molar-refractivity contribution < 1.29 is 9.18 Å². The van der Waals surface area contributed by atoms with Crippen molar-refractivity contribution in [3.05, 3.63) is 22.4 Å². The van der Waals surface area contributed by atoms with E-state index < -0.39 is 5.82 Å². The first kappa shape index (κ1) is 12.8. The van der Waals surface area contributed by atoms with Crippen molar-refractivity contribution in [1.82, 2.24) is 0 Å². The number of nitrogen functional groups attached to an aromatic ring is 1. The molecule has 0 aromatic heterocycles. The zero-order valence-corrected chi connectivity index (χ0v) is 10.2. The molecule has 0 saturated heterocycles. The molecule has 0 aliphatic heterocycles. The van der Waals surface area contributed by atoms with E-state index in [0.717, 1.165) is 0 Å². The second-order valence-electron chi connectivity index (χ2n) is 3.35. The quantitative estimate of drug-likeness (QED) is 0.572. The first-order chi connectivity index (χ1) is 7.50. The molecule has 1 amide bonds. The summed E-state index contributed by atoms with van der Waals surface area (Å²) in [5, 5.41) is 3.01. The van der Waals surface area contributed by atoms with E-state index in [4.69, 9.17) is 11.5 Å². The van der Waals surface area contributed by atoms with Crippen molar-refractivity contribution in [2.45, 2.75) is 12.8 Å². The summed E-state index contributed by atoms with van der Waals surface area (Å²) in [6.07, 6.45) is 0.930. The summed E-state index contributed by atoms with van der Waals surface area (Å²) in [4.78, 5) is 10.5. The molecule has 0 fully saturated rings. The lowest BCUT2D eigenvalue weighted by Gasteiger charge is -2.09. The second kappa shape index (κ2) is 5.69. The van der Waals surface area contributed by atoms with Gasteiger partial charge >= 0.3 is 0 Å². The van der Waals surface area contributed by atoms with Gasteiger partial charge in [0, 0.05) is 19.0 Å². The lowest BCUT2D eigenvalue weighted by Crippen LogP contribution is -2.13. The molecule has 5 N–H and O–H groups in total. The van der Waals surface area contributed by atoms with Crippen LogP contribution in [-0.4, -0.2) is 12.5 Å². The van der Waals surface area contributed by atoms with Gasteiger partial charge in [-0.1, -0.05) is 0 Å². The molecule has 0 aliphatic rings. The number of benzene rings is 1. The van der Waals surface area contributed by atoms with Crippen molar-refractivity contribution in [3.63, 3.8) is 0 Å². The Labute approximate surface area is 101 Å². The minimum Gasteiger partial charge on any atom is -0.397 e. The third kappa shape index (κ3) is 3.69. The molecule has 0 radical (unpaired) electrons. The fourth-order valence-electron chi connectivity index (χ4n) is 1.20. The maximum absolute atomic E-state index is 13.0. The standard InChI is InChI=1S/C10H13BrFN3O/c11-6-4-9(8(13)5-7(6)12)15-3-1-2-10(14)16/h4-5,15H,1-3,13H2,(H2,14,16). The molecular formula is C10H13BrFN3O. The molecule has 0 aliphatic carbocycles. The third-order valence-corrected chi connectivity index (χ3v) is 2.62. The third-order valence-electron chi connectivity index (χ3n) is 2.01. The molecule has 1 aromatic rings. The Morgan fingerprint density at radius 2 is 2.19 bits per heavy atom. The van der Waals surface area contributed by atoms with E-state index in [9.17, 15) is 9.18 Å². The largest absolute Gasteiger partial charge is 0.397 e. The molecule has 0 bridgehead atoms. The van der Waals surface area contributed by atoms with E-state index in [-0.39, 0.29) is 5.91 Å². The van der Waals surface area contributed by atoms with E-state index in [2.05, 4.69) is 21.2 Å². The predicted molar refractivity (Wildman–Crippen MR) is 65.4 cm³/mol. The molecule has 4 nitrogen and oxygen atoms in total. The number of primary amides is 1. The molecule has 6 heteroatoms. The van der Waals surface area contributed by atoms with Crippen LogP contribution in [0.2, 0.25) is 0 Å². The first-order valence-electron chi connectivity index (χ1n) is 4.77. The van der Waals surface area contributed by atoms with Gasteiger partial charge in [0.15, 0.2) is 0 Å². The Balaban J connectivity index is 2.54. The zero-order chi connectivity index (χ0) is 12.1. The lowest BCUT2D eigenvalue weighted by atomic mass is 10.2. The van der Waals surface area contributed by atoms with Crippen LogP contribution in [0.15, 0.2) is 16.6 Å². The Bertz CT molecular complexity index is 398. The Hall–Kier alpha value is -1.30. The Morgan fingerprint density at radius 1 is 1.50 bits per heavy atom. The van der Waals surface area contributed by atoms with Crippen LogP contribution in [0.1, 0.15) is 12.8 Å². The summed E-state index contributed by atoms with van der Waals surface area (Å²) in [6.45, 7) is 0.561. The number of halogens is 2. The molecule has 1 aromatic carbocycles. The summed E-state index contributed by atoms with van der Waals surface area (Å²) in [5.41, 5.74) is 11.6. The van der Waals surface area contributed by atoms with Crippen LogP contribution in [0.5, 0.6) is 0 Å². The van der Waals surface area contributed by atoms with Crippen LogP contribution in [0.3, 0.4) is 0 Å². The molecule has 0 unspecified atom stereocenters. The summed E-state index contributed by atoms with van der Waals surface area (Å²) in [7, 11) is 0. The van der Waals surface area contributed by atoms with Crippen LogP contribution >= 0.6 is 15.9 Å². The van der Waals surface area contributed by atoms with Crippen LogP contribution in [0, 0.1) is 5.82 Å². The Morgan fingerprint density at radius 3 is 2.81 bits per heavy atom. The maximum atomic E-state index is 13.0. The number of nitrogens with one attached hydrogen (secondary N) is 1. The Kier molecular flexibility index (Phi) is 4.54. The highest BCUT2D eigenvalue weighted by Crippen LogP contribution is 2.26. The number of nitrogens with two attached hydrogens (primary N) is 2. The number of hydrogen-bond acceptors (Lipinski definition) is 3. The van der Waals surface area contributed by atoms with Gasteiger partial charge in [-0.05, 0) is 28.4 Å². The number of hydrogen-bond donors (Lipinski definition) is 3.